The molecule has 1 rings (SSSR count). The van der Waals surface area contributed by atoms with E-state index in [0.29, 0.717) is 30.8 Å². The highest BCUT2D eigenvalue weighted by Crippen LogP contribution is 2.16. The van der Waals surface area contributed by atoms with Gasteiger partial charge < -0.3 is 20.3 Å². The van der Waals surface area contributed by atoms with Crippen LogP contribution in [0.25, 0.3) is 0 Å². The highest BCUT2D eigenvalue weighted by atomic mass is 16.5. The van der Waals surface area contributed by atoms with Gasteiger partial charge in [-0.2, -0.15) is 0 Å². The number of hydrogen-bond donors (Lipinski definition) is 2. The van der Waals surface area contributed by atoms with Gasteiger partial charge in [-0.1, -0.05) is 12.1 Å². The zero-order valence-corrected chi connectivity index (χ0v) is 13.5. The van der Waals surface area contributed by atoms with Crippen molar-refractivity contribution in [2.24, 2.45) is 0 Å². The van der Waals surface area contributed by atoms with Crippen molar-refractivity contribution in [3.8, 4) is 0 Å². The Morgan fingerprint density at radius 3 is 2.59 bits per heavy atom. The fraction of sp³-hybridized carbons (Fsp3) is 0.500. The summed E-state index contributed by atoms with van der Waals surface area (Å²) in [4.78, 5) is 25.8. The summed E-state index contributed by atoms with van der Waals surface area (Å²) in [5.41, 5.74) is 0.859. The molecule has 1 amide bonds. The number of carbonyl (C=O) groups excluding carboxylic acids is 2. The van der Waals surface area contributed by atoms with Gasteiger partial charge in [0.1, 0.15) is 0 Å². The number of benzene rings is 1. The second kappa shape index (κ2) is 9.92. The summed E-state index contributed by atoms with van der Waals surface area (Å²) in [6, 6.07) is 6.85. The van der Waals surface area contributed by atoms with Crippen molar-refractivity contribution in [1.82, 2.24) is 10.2 Å². The maximum Gasteiger partial charge on any atom is 0.340 e. The number of hydrogen-bond acceptors (Lipinski definition) is 5. The van der Waals surface area contributed by atoms with Gasteiger partial charge in [-0.05, 0) is 33.2 Å². The van der Waals surface area contributed by atoms with E-state index in [0.717, 1.165) is 13.1 Å². The lowest BCUT2D eigenvalue weighted by atomic mass is 10.1. The van der Waals surface area contributed by atoms with Crippen molar-refractivity contribution in [3.05, 3.63) is 29.8 Å². The van der Waals surface area contributed by atoms with E-state index in [1.165, 1.54) is 0 Å². The van der Waals surface area contributed by atoms with Crippen LogP contribution in [-0.2, 0) is 9.53 Å². The number of para-hydroxylation sites is 1. The summed E-state index contributed by atoms with van der Waals surface area (Å²) < 4.78 is 4.98. The van der Waals surface area contributed by atoms with Gasteiger partial charge in [-0.3, -0.25) is 4.79 Å². The van der Waals surface area contributed by atoms with Crippen molar-refractivity contribution >= 4 is 17.6 Å². The molecular weight excluding hydrogens is 282 g/mol. The summed E-state index contributed by atoms with van der Waals surface area (Å²) >= 11 is 0. The predicted octanol–water partition coefficient (Wildman–Crippen LogP) is 1.34. The minimum absolute atomic E-state index is 0.130. The van der Waals surface area contributed by atoms with Crippen LogP contribution >= 0.6 is 0 Å². The van der Waals surface area contributed by atoms with Crippen LogP contribution in [0.3, 0.4) is 0 Å². The number of ether oxygens (including phenoxy) is 1. The molecule has 0 fully saturated rings. The Morgan fingerprint density at radius 2 is 1.91 bits per heavy atom. The molecule has 0 saturated heterocycles. The first-order valence-electron chi connectivity index (χ1n) is 7.46. The number of carbonyl (C=O) groups is 2. The van der Waals surface area contributed by atoms with Gasteiger partial charge in [-0.25, -0.2) is 4.79 Å². The van der Waals surface area contributed by atoms with Crippen LogP contribution in [0.1, 0.15) is 23.7 Å². The van der Waals surface area contributed by atoms with E-state index in [2.05, 4.69) is 15.5 Å². The average molecular weight is 307 g/mol. The van der Waals surface area contributed by atoms with Gasteiger partial charge >= 0.3 is 5.97 Å². The molecule has 0 saturated carbocycles. The van der Waals surface area contributed by atoms with Crippen LogP contribution in [0.2, 0.25) is 0 Å². The van der Waals surface area contributed by atoms with E-state index in [-0.39, 0.29) is 5.91 Å². The first-order chi connectivity index (χ1) is 10.5. The molecule has 0 unspecified atom stereocenters. The molecule has 0 aromatic heterocycles. The molecule has 0 heterocycles. The molecule has 22 heavy (non-hydrogen) atoms. The minimum Gasteiger partial charge on any atom is -0.462 e. The van der Waals surface area contributed by atoms with Crippen molar-refractivity contribution in [2.45, 2.75) is 13.3 Å². The average Bonchev–Trinajstić information content (AvgIpc) is 2.47. The quantitative estimate of drug-likeness (QED) is 0.532. The maximum absolute atomic E-state index is 11.9. The molecule has 0 atom stereocenters. The number of rotatable bonds is 9. The van der Waals surface area contributed by atoms with Crippen molar-refractivity contribution < 1.29 is 14.3 Å². The number of esters is 1. The number of likely N-dealkylation sites (N-methyl/N-ethyl adjacent to an activating group) is 1. The van der Waals surface area contributed by atoms with E-state index in [4.69, 9.17) is 4.74 Å². The molecule has 6 heteroatoms. The number of amides is 1. The second-order valence-corrected chi connectivity index (χ2v) is 5.12. The van der Waals surface area contributed by atoms with E-state index in [9.17, 15) is 9.59 Å². The first kappa shape index (κ1) is 18.1. The van der Waals surface area contributed by atoms with Crippen LogP contribution < -0.4 is 10.6 Å². The van der Waals surface area contributed by atoms with Crippen LogP contribution in [-0.4, -0.2) is 57.1 Å². The van der Waals surface area contributed by atoms with Crippen LogP contribution in [0, 0.1) is 0 Å². The zero-order valence-electron chi connectivity index (χ0n) is 13.5. The van der Waals surface area contributed by atoms with E-state index >= 15 is 0 Å². The molecule has 0 aliphatic rings. The lowest BCUT2D eigenvalue weighted by molar-refractivity contribution is -0.116. The Morgan fingerprint density at radius 1 is 1.18 bits per heavy atom. The van der Waals surface area contributed by atoms with Gasteiger partial charge in [-0.15, -0.1) is 0 Å². The second-order valence-electron chi connectivity index (χ2n) is 5.12. The van der Waals surface area contributed by atoms with Crippen LogP contribution in [0.15, 0.2) is 24.3 Å². The molecule has 0 bridgehead atoms. The molecule has 2 N–H and O–H groups in total. The Bertz CT molecular complexity index is 489. The molecule has 0 spiro atoms. The Hall–Kier alpha value is -1.92. The topological polar surface area (TPSA) is 70.7 Å². The highest BCUT2D eigenvalue weighted by Gasteiger charge is 2.13. The number of anilines is 1. The van der Waals surface area contributed by atoms with Crippen molar-refractivity contribution in [1.29, 1.82) is 0 Å². The lowest BCUT2D eigenvalue weighted by Gasteiger charge is -2.12. The molecule has 122 valence electrons. The third-order valence-electron chi connectivity index (χ3n) is 2.96. The minimum atomic E-state index is -0.428. The summed E-state index contributed by atoms with van der Waals surface area (Å²) in [6.07, 6.45) is 0.352. The van der Waals surface area contributed by atoms with Gasteiger partial charge in [0.05, 0.1) is 17.9 Å². The molecule has 0 radical (unpaired) electrons. The summed E-state index contributed by atoms with van der Waals surface area (Å²) in [7, 11) is 4.00. The predicted molar refractivity (Wildman–Crippen MR) is 87.1 cm³/mol. The third kappa shape index (κ3) is 6.69. The Kier molecular flexibility index (Phi) is 8.17. The lowest BCUT2D eigenvalue weighted by Crippen LogP contribution is -2.29. The third-order valence-corrected chi connectivity index (χ3v) is 2.96. The first-order valence-corrected chi connectivity index (χ1v) is 7.46. The van der Waals surface area contributed by atoms with Crippen molar-refractivity contribution in [3.63, 3.8) is 0 Å². The van der Waals surface area contributed by atoms with Gasteiger partial charge in [0.2, 0.25) is 5.91 Å². The smallest absolute Gasteiger partial charge is 0.340 e. The summed E-state index contributed by atoms with van der Waals surface area (Å²) in [5, 5.41) is 5.96. The molecule has 1 aromatic carbocycles. The molecule has 6 nitrogen and oxygen atoms in total. The van der Waals surface area contributed by atoms with Crippen LogP contribution in [0.4, 0.5) is 5.69 Å². The SMILES string of the molecule is CCOC(=O)c1ccccc1NC(=O)CCNCCN(C)C. The summed E-state index contributed by atoms with van der Waals surface area (Å²) in [6.45, 7) is 4.41. The Labute approximate surface area is 131 Å². The zero-order chi connectivity index (χ0) is 16.4. The van der Waals surface area contributed by atoms with Crippen molar-refractivity contribution in [2.75, 3.05) is 45.7 Å². The fourth-order valence-electron chi connectivity index (χ4n) is 1.82. The van der Waals surface area contributed by atoms with E-state index in [1.807, 2.05) is 14.1 Å². The number of nitrogens with zero attached hydrogens (tertiary/aromatic N) is 1. The molecule has 1 aromatic rings. The molecular formula is C16H25N3O3. The van der Waals surface area contributed by atoms with E-state index in [1.54, 1.807) is 31.2 Å². The normalized spacial score (nSPS) is 10.5. The van der Waals surface area contributed by atoms with Gasteiger partial charge in [0.25, 0.3) is 0 Å². The van der Waals surface area contributed by atoms with Crippen LogP contribution in [0.5, 0.6) is 0 Å². The fourth-order valence-corrected chi connectivity index (χ4v) is 1.82. The summed E-state index contributed by atoms with van der Waals surface area (Å²) in [5.74, 6) is -0.559. The molecule has 0 aliphatic heterocycles. The highest BCUT2D eigenvalue weighted by molar-refractivity contribution is 6.01. The standard InChI is InChI=1S/C16H25N3O3/c1-4-22-16(21)13-7-5-6-8-14(13)18-15(20)9-10-17-11-12-19(2)3/h5-8,17H,4,9-12H2,1-3H3,(H,18,20). The maximum atomic E-state index is 11.9. The van der Waals surface area contributed by atoms with Gasteiger partial charge in [0.15, 0.2) is 0 Å². The van der Waals surface area contributed by atoms with E-state index < -0.39 is 5.97 Å². The monoisotopic (exact) mass is 307 g/mol. The largest absolute Gasteiger partial charge is 0.462 e. The van der Waals surface area contributed by atoms with Gasteiger partial charge in [0, 0.05) is 26.1 Å². The Balaban J connectivity index is 2.46. The number of nitrogens with one attached hydrogen (secondary N) is 2. The molecule has 0 aliphatic carbocycles.